The fourth-order valence-corrected chi connectivity index (χ4v) is 2.18. The van der Waals surface area contributed by atoms with Gasteiger partial charge in [0.25, 0.3) is 5.91 Å². The number of amides is 1. The highest BCUT2D eigenvalue weighted by Crippen LogP contribution is 2.19. The molecule has 0 spiro atoms. The van der Waals surface area contributed by atoms with Crippen LogP contribution in [0.25, 0.3) is 0 Å². The zero-order valence-corrected chi connectivity index (χ0v) is 10.9. The number of para-hydroxylation sites is 1. The Balaban J connectivity index is 2.36. The van der Waals surface area contributed by atoms with Crippen LogP contribution in [0.4, 0.5) is 5.69 Å². The average Bonchev–Trinajstić information content (AvgIpc) is 2.82. The molecule has 1 heterocycles. The molecule has 1 aromatic heterocycles. The van der Waals surface area contributed by atoms with E-state index in [0.717, 1.165) is 11.5 Å². The number of carboxylic acids is 1. The molecule has 6 nitrogen and oxygen atoms in total. The summed E-state index contributed by atoms with van der Waals surface area (Å²) in [6.07, 6.45) is 0. The van der Waals surface area contributed by atoms with Gasteiger partial charge < -0.3 is 5.11 Å². The van der Waals surface area contributed by atoms with Crippen LogP contribution < -0.4 is 4.90 Å². The maximum Gasteiger partial charge on any atom is 0.323 e. The number of nitrogens with zero attached hydrogens (tertiary/aromatic N) is 3. The molecule has 19 heavy (non-hydrogen) atoms. The minimum Gasteiger partial charge on any atom is -0.480 e. The van der Waals surface area contributed by atoms with Crippen LogP contribution in [0.15, 0.2) is 30.3 Å². The van der Waals surface area contributed by atoms with Crippen molar-refractivity contribution in [2.45, 2.75) is 6.92 Å². The van der Waals surface area contributed by atoms with Gasteiger partial charge in [-0.2, -0.15) is 0 Å². The first-order valence-electron chi connectivity index (χ1n) is 5.47. The highest BCUT2D eigenvalue weighted by Gasteiger charge is 2.23. The first-order chi connectivity index (χ1) is 9.09. The molecule has 0 bridgehead atoms. The predicted octanol–water partition coefficient (Wildman–Crippen LogP) is 1.58. The van der Waals surface area contributed by atoms with E-state index in [1.54, 1.807) is 37.3 Å². The lowest BCUT2D eigenvalue weighted by molar-refractivity contribution is -0.135. The van der Waals surface area contributed by atoms with Crippen molar-refractivity contribution in [3.63, 3.8) is 0 Å². The van der Waals surface area contributed by atoms with Crippen LogP contribution in [-0.4, -0.2) is 33.1 Å². The van der Waals surface area contributed by atoms with Crippen LogP contribution >= 0.6 is 11.5 Å². The van der Waals surface area contributed by atoms with Crippen molar-refractivity contribution in [1.82, 2.24) is 9.59 Å². The highest BCUT2D eigenvalue weighted by atomic mass is 32.1. The van der Waals surface area contributed by atoms with Gasteiger partial charge in [0, 0.05) is 5.69 Å². The Kier molecular flexibility index (Phi) is 3.86. The second kappa shape index (κ2) is 5.57. The fourth-order valence-electron chi connectivity index (χ4n) is 1.57. The van der Waals surface area contributed by atoms with Crippen molar-refractivity contribution < 1.29 is 14.7 Å². The van der Waals surface area contributed by atoms with Crippen molar-refractivity contribution in [1.29, 1.82) is 0 Å². The topological polar surface area (TPSA) is 83.4 Å². The number of carbonyl (C=O) groups is 2. The summed E-state index contributed by atoms with van der Waals surface area (Å²) < 4.78 is 3.69. The van der Waals surface area contributed by atoms with Gasteiger partial charge in [0.05, 0.1) is 5.69 Å². The number of benzene rings is 1. The highest BCUT2D eigenvalue weighted by molar-refractivity contribution is 7.08. The Morgan fingerprint density at radius 3 is 2.53 bits per heavy atom. The SMILES string of the molecule is Cc1nnsc1C(=O)N(CC(=O)O)c1ccccc1. The van der Waals surface area contributed by atoms with E-state index in [1.165, 1.54) is 4.90 Å². The molecule has 2 aromatic rings. The summed E-state index contributed by atoms with van der Waals surface area (Å²) >= 11 is 0.962. The third kappa shape index (κ3) is 2.94. The second-order valence-electron chi connectivity index (χ2n) is 3.81. The normalized spacial score (nSPS) is 10.2. The Morgan fingerprint density at radius 2 is 2.00 bits per heavy atom. The van der Waals surface area contributed by atoms with E-state index >= 15 is 0 Å². The average molecular weight is 277 g/mol. The molecule has 0 saturated carbocycles. The van der Waals surface area contributed by atoms with E-state index in [9.17, 15) is 9.59 Å². The quantitative estimate of drug-likeness (QED) is 0.917. The molecule has 0 unspecified atom stereocenters. The third-order valence-electron chi connectivity index (χ3n) is 2.45. The summed E-state index contributed by atoms with van der Waals surface area (Å²) in [5.41, 5.74) is 1.03. The lowest BCUT2D eigenvalue weighted by Crippen LogP contribution is -2.35. The summed E-state index contributed by atoms with van der Waals surface area (Å²) in [6, 6.07) is 8.66. The monoisotopic (exact) mass is 277 g/mol. The molecule has 1 aromatic carbocycles. The van der Waals surface area contributed by atoms with E-state index in [-0.39, 0.29) is 0 Å². The van der Waals surface area contributed by atoms with Gasteiger partial charge >= 0.3 is 5.97 Å². The number of aryl methyl sites for hydroxylation is 1. The molecule has 0 saturated heterocycles. The van der Waals surface area contributed by atoms with Crippen LogP contribution in [0.2, 0.25) is 0 Å². The number of anilines is 1. The number of aliphatic carboxylic acids is 1. The summed E-state index contributed by atoms with van der Waals surface area (Å²) in [5, 5.41) is 12.7. The first-order valence-corrected chi connectivity index (χ1v) is 6.24. The van der Waals surface area contributed by atoms with Gasteiger partial charge in [-0.15, -0.1) is 5.10 Å². The van der Waals surface area contributed by atoms with Gasteiger partial charge in [-0.1, -0.05) is 22.7 Å². The zero-order valence-electron chi connectivity index (χ0n) is 10.1. The maximum absolute atomic E-state index is 12.4. The van der Waals surface area contributed by atoms with Crippen LogP contribution in [0.3, 0.4) is 0 Å². The van der Waals surface area contributed by atoms with Gasteiger partial charge in [-0.3, -0.25) is 14.5 Å². The van der Waals surface area contributed by atoms with Gasteiger partial charge in [-0.05, 0) is 30.6 Å². The number of hydrogen-bond acceptors (Lipinski definition) is 5. The van der Waals surface area contributed by atoms with Gasteiger partial charge in [-0.25, -0.2) is 0 Å². The van der Waals surface area contributed by atoms with Crippen molar-refractivity contribution in [2.24, 2.45) is 0 Å². The van der Waals surface area contributed by atoms with E-state index in [4.69, 9.17) is 5.11 Å². The molecule has 0 aliphatic rings. The standard InChI is InChI=1S/C12H11N3O3S/c1-8-11(19-14-13-8)12(18)15(7-10(16)17)9-5-3-2-4-6-9/h2-6H,7H2,1H3,(H,16,17). The predicted molar refractivity (Wildman–Crippen MR) is 70.4 cm³/mol. The van der Waals surface area contributed by atoms with Crippen LogP contribution in [0.5, 0.6) is 0 Å². The summed E-state index contributed by atoms with van der Waals surface area (Å²) in [7, 11) is 0. The number of carbonyl (C=O) groups excluding carboxylic acids is 1. The molecule has 1 amide bonds. The minimum atomic E-state index is -1.08. The molecular weight excluding hydrogens is 266 g/mol. The molecule has 0 aliphatic carbocycles. The molecule has 7 heteroatoms. The fraction of sp³-hybridized carbons (Fsp3) is 0.167. The van der Waals surface area contributed by atoms with Gasteiger partial charge in [0.15, 0.2) is 0 Å². The molecule has 0 aliphatic heterocycles. The van der Waals surface area contributed by atoms with Crippen molar-refractivity contribution in [2.75, 3.05) is 11.4 Å². The van der Waals surface area contributed by atoms with E-state index < -0.39 is 18.4 Å². The zero-order chi connectivity index (χ0) is 13.8. The smallest absolute Gasteiger partial charge is 0.323 e. The molecule has 2 rings (SSSR count). The van der Waals surface area contributed by atoms with E-state index in [2.05, 4.69) is 9.59 Å². The molecule has 0 atom stereocenters. The molecular formula is C12H11N3O3S. The molecule has 0 fully saturated rings. The van der Waals surface area contributed by atoms with E-state index in [0.29, 0.717) is 16.3 Å². The Hall–Kier alpha value is -2.28. The Bertz CT molecular complexity index is 597. The number of carboxylic acid groups (broad SMARTS) is 1. The summed E-state index contributed by atoms with van der Waals surface area (Å²) in [5.74, 6) is -1.48. The first kappa shape index (κ1) is 13.2. The number of aromatic nitrogens is 2. The third-order valence-corrected chi connectivity index (χ3v) is 3.27. The number of hydrogen-bond donors (Lipinski definition) is 1. The van der Waals surface area contributed by atoms with Crippen molar-refractivity contribution in [3.8, 4) is 0 Å². The molecule has 98 valence electrons. The molecule has 1 N–H and O–H groups in total. The largest absolute Gasteiger partial charge is 0.480 e. The minimum absolute atomic E-state index is 0.352. The second-order valence-corrected chi connectivity index (χ2v) is 4.56. The summed E-state index contributed by atoms with van der Waals surface area (Å²) in [4.78, 5) is 24.8. The Morgan fingerprint density at radius 1 is 1.32 bits per heavy atom. The lowest BCUT2D eigenvalue weighted by atomic mass is 10.2. The van der Waals surface area contributed by atoms with Crippen molar-refractivity contribution in [3.05, 3.63) is 40.9 Å². The Labute approximate surface area is 113 Å². The summed E-state index contributed by atoms with van der Waals surface area (Å²) in [6.45, 7) is 1.26. The molecule has 0 radical (unpaired) electrons. The van der Waals surface area contributed by atoms with Gasteiger partial charge in [0.1, 0.15) is 11.4 Å². The lowest BCUT2D eigenvalue weighted by Gasteiger charge is -2.19. The number of rotatable bonds is 4. The van der Waals surface area contributed by atoms with Crippen LogP contribution in [0, 0.1) is 6.92 Å². The van der Waals surface area contributed by atoms with Gasteiger partial charge in [0.2, 0.25) is 0 Å². The van der Waals surface area contributed by atoms with Crippen LogP contribution in [0.1, 0.15) is 15.4 Å². The van der Waals surface area contributed by atoms with E-state index in [1.807, 2.05) is 0 Å². The van der Waals surface area contributed by atoms with Crippen molar-refractivity contribution >= 4 is 29.1 Å². The van der Waals surface area contributed by atoms with Crippen LogP contribution in [-0.2, 0) is 4.79 Å². The maximum atomic E-state index is 12.4.